The van der Waals surface area contributed by atoms with Crippen LogP contribution in [0.5, 0.6) is 0 Å². The zero-order chi connectivity index (χ0) is 9.07. The van der Waals surface area contributed by atoms with Crippen molar-refractivity contribution in [3.05, 3.63) is 5.92 Å². The van der Waals surface area contributed by atoms with Crippen molar-refractivity contribution in [1.82, 2.24) is 0 Å². The van der Waals surface area contributed by atoms with Crippen molar-refractivity contribution in [2.75, 3.05) is 0 Å². The van der Waals surface area contributed by atoms with Crippen LogP contribution in [-0.4, -0.2) is 6.43 Å². The fourth-order valence-electron chi connectivity index (χ4n) is 0.800. The molecule has 0 bridgehead atoms. The molecule has 63 valence electrons. The quantitative estimate of drug-likeness (QED) is 0.622. The predicted octanol–water partition coefficient (Wildman–Crippen LogP) is 2.79. The summed E-state index contributed by atoms with van der Waals surface area (Å²) >= 11 is 0. The summed E-state index contributed by atoms with van der Waals surface area (Å²) in [6.07, 6.45) is -2.20. The van der Waals surface area contributed by atoms with Gasteiger partial charge in [-0.2, -0.15) is 5.26 Å². The maximum atomic E-state index is 12.2. The lowest BCUT2D eigenvalue weighted by atomic mass is 9.84. The maximum absolute atomic E-state index is 12.2. The minimum atomic E-state index is -2.37. The molecule has 0 unspecified atom stereocenters. The Balaban J connectivity index is 4.04. The van der Waals surface area contributed by atoms with E-state index in [2.05, 4.69) is 0 Å². The average molecular weight is 160 g/mol. The van der Waals surface area contributed by atoms with Gasteiger partial charge >= 0.3 is 0 Å². The molecule has 0 N–H and O–H groups in total. The van der Waals surface area contributed by atoms with Crippen LogP contribution in [0.3, 0.4) is 0 Å². The molecule has 0 amide bonds. The Morgan fingerprint density at radius 1 is 1.55 bits per heavy atom. The van der Waals surface area contributed by atoms with Crippen LogP contribution in [0.1, 0.15) is 27.2 Å². The fraction of sp³-hybridized carbons (Fsp3) is 0.750. The summed E-state index contributed by atoms with van der Waals surface area (Å²) in [6, 6.07) is 1.86. The van der Waals surface area contributed by atoms with Crippen LogP contribution in [0.4, 0.5) is 8.78 Å². The van der Waals surface area contributed by atoms with Crippen molar-refractivity contribution in [3.8, 4) is 6.07 Å². The van der Waals surface area contributed by atoms with Crippen molar-refractivity contribution in [2.45, 2.75) is 33.6 Å². The largest absolute Gasteiger partial charge is 0.243 e. The molecule has 0 aliphatic carbocycles. The van der Waals surface area contributed by atoms with Gasteiger partial charge in [-0.15, -0.1) is 0 Å². The van der Waals surface area contributed by atoms with Gasteiger partial charge in [0.25, 0.3) is 0 Å². The molecule has 0 aliphatic rings. The van der Waals surface area contributed by atoms with Gasteiger partial charge in [0.15, 0.2) is 0 Å². The molecular weight excluding hydrogens is 148 g/mol. The Morgan fingerprint density at radius 2 is 2.00 bits per heavy atom. The van der Waals surface area contributed by atoms with E-state index >= 15 is 0 Å². The maximum Gasteiger partial charge on any atom is 0.243 e. The summed E-state index contributed by atoms with van der Waals surface area (Å²) < 4.78 is 24.4. The van der Waals surface area contributed by atoms with E-state index in [4.69, 9.17) is 5.26 Å². The van der Waals surface area contributed by atoms with Crippen molar-refractivity contribution in [3.63, 3.8) is 0 Å². The smallest absolute Gasteiger partial charge is 0.210 e. The number of halogens is 2. The Hall–Kier alpha value is -0.650. The third-order valence-corrected chi connectivity index (χ3v) is 1.50. The second kappa shape index (κ2) is 3.66. The van der Waals surface area contributed by atoms with E-state index in [1.54, 1.807) is 6.92 Å². The molecule has 0 saturated carbocycles. The van der Waals surface area contributed by atoms with Crippen LogP contribution in [0.25, 0.3) is 0 Å². The Morgan fingerprint density at radius 3 is 2.27 bits per heavy atom. The summed E-state index contributed by atoms with van der Waals surface area (Å²) in [7, 11) is 0. The number of nitrogens with zero attached hydrogens (tertiary/aromatic N) is 1. The number of alkyl halides is 2. The standard InChI is InChI=1S/C8H12F2N/c1-6(5-11)4-8(2,3)7(9)10/h7H,4H2,1-3H3. The van der Waals surface area contributed by atoms with Crippen molar-refractivity contribution in [2.24, 2.45) is 5.41 Å². The van der Waals surface area contributed by atoms with Gasteiger partial charge in [0.1, 0.15) is 0 Å². The van der Waals surface area contributed by atoms with Gasteiger partial charge in [0, 0.05) is 5.41 Å². The molecular formula is C8H12F2N. The fourth-order valence-corrected chi connectivity index (χ4v) is 0.800. The van der Waals surface area contributed by atoms with Gasteiger partial charge in [-0.05, 0) is 13.3 Å². The van der Waals surface area contributed by atoms with Crippen molar-refractivity contribution in [1.29, 1.82) is 5.26 Å². The molecule has 0 spiro atoms. The molecule has 0 rings (SSSR count). The van der Waals surface area contributed by atoms with Gasteiger partial charge < -0.3 is 0 Å². The highest BCUT2D eigenvalue weighted by Crippen LogP contribution is 2.32. The SMILES string of the molecule is C[C](C#N)CC(C)(C)C(F)F. The Labute approximate surface area is 66.0 Å². The van der Waals surface area contributed by atoms with E-state index in [1.807, 2.05) is 6.07 Å². The van der Waals surface area contributed by atoms with Crippen molar-refractivity contribution >= 4 is 0 Å². The van der Waals surface area contributed by atoms with Crippen LogP contribution >= 0.6 is 0 Å². The molecule has 1 nitrogen and oxygen atoms in total. The van der Waals surface area contributed by atoms with Crippen LogP contribution in [0.15, 0.2) is 0 Å². The topological polar surface area (TPSA) is 23.8 Å². The van der Waals surface area contributed by atoms with Gasteiger partial charge in [-0.25, -0.2) is 8.78 Å². The summed E-state index contributed by atoms with van der Waals surface area (Å²) in [5, 5.41) is 8.35. The van der Waals surface area contributed by atoms with E-state index in [9.17, 15) is 8.78 Å². The molecule has 0 heterocycles. The Bertz CT molecular complexity index is 158. The summed E-state index contributed by atoms with van der Waals surface area (Å²) in [4.78, 5) is 0. The summed E-state index contributed by atoms with van der Waals surface area (Å²) in [6.45, 7) is 4.49. The van der Waals surface area contributed by atoms with E-state index < -0.39 is 11.8 Å². The molecule has 3 heteroatoms. The van der Waals surface area contributed by atoms with E-state index in [0.717, 1.165) is 0 Å². The zero-order valence-corrected chi connectivity index (χ0v) is 6.99. The van der Waals surface area contributed by atoms with Crippen LogP contribution in [0, 0.1) is 22.7 Å². The summed E-state index contributed by atoms with van der Waals surface area (Å²) in [5.74, 6) is 0.454. The van der Waals surface area contributed by atoms with Crippen molar-refractivity contribution < 1.29 is 8.78 Å². The highest BCUT2D eigenvalue weighted by Gasteiger charge is 2.31. The second-order valence-corrected chi connectivity index (χ2v) is 3.36. The van der Waals surface area contributed by atoms with Gasteiger partial charge in [-0.1, -0.05) is 13.8 Å². The first-order chi connectivity index (χ1) is 4.90. The van der Waals surface area contributed by atoms with Crippen LogP contribution in [0.2, 0.25) is 0 Å². The number of hydrogen-bond donors (Lipinski definition) is 0. The molecule has 1 radical (unpaired) electrons. The number of hydrogen-bond acceptors (Lipinski definition) is 1. The molecule has 0 atom stereocenters. The highest BCUT2D eigenvalue weighted by molar-refractivity contribution is 5.09. The van der Waals surface area contributed by atoms with Crippen LogP contribution in [-0.2, 0) is 0 Å². The number of rotatable bonds is 3. The molecule has 11 heavy (non-hydrogen) atoms. The lowest BCUT2D eigenvalue weighted by Crippen LogP contribution is -2.23. The summed E-state index contributed by atoms with van der Waals surface area (Å²) in [5.41, 5.74) is -1.07. The minimum absolute atomic E-state index is 0.168. The van der Waals surface area contributed by atoms with E-state index in [1.165, 1.54) is 13.8 Å². The first-order valence-corrected chi connectivity index (χ1v) is 3.41. The van der Waals surface area contributed by atoms with Gasteiger partial charge in [-0.3, -0.25) is 0 Å². The molecule has 0 aromatic carbocycles. The molecule has 0 aromatic rings. The first-order valence-electron chi connectivity index (χ1n) is 3.41. The minimum Gasteiger partial charge on any atom is -0.210 e. The Kier molecular flexibility index (Phi) is 3.44. The predicted molar refractivity (Wildman–Crippen MR) is 38.9 cm³/mol. The van der Waals surface area contributed by atoms with E-state index in [0.29, 0.717) is 5.92 Å². The van der Waals surface area contributed by atoms with Gasteiger partial charge in [0.05, 0.1) is 12.0 Å². The number of nitriles is 1. The molecule has 0 fully saturated rings. The first kappa shape index (κ1) is 10.3. The monoisotopic (exact) mass is 160 g/mol. The van der Waals surface area contributed by atoms with Crippen LogP contribution < -0.4 is 0 Å². The molecule has 0 aliphatic heterocycles. The average Bonchev–Trinajstić information content (AvgIpc) is 1.86. The van der Waals surface area contributed by atoms with Gasteiger partial charge in [0.2, 0.25) is 6.43 Å². The molecule has 0 aromatic heterocycles. The lowest BCUT2D eigenvalue weighted by molar-refractivity contribution is 0.0178. The van der Waals surface area contributed by atoms with E-state index in [-0.39, 0.29) is 6.42 Å². The lowest BCUT2D eigenvalue weighted by Gasteiger charge is -2.23. The molecule has 0 saturated heterocycles. The third-order valence-electron chi connectivity index (χ3n) is 1.50. The highest BCUT2D eigenvalue weighted by atomic mass is 19.3. The zero-order valence-electron chi connectivity index (χ0n) is 6.99. The second-order valence-electron chi connectivity index (χ2n) is 3.36. The third kappa shape index (κ3) is 3.31. The normalized spacial score (nSPS) is 12.2.